The Morgan fingerprint density at radius 2 is 1.94 bits per heavy atom. The zero-order chi connectivity index (χ0) is 22.6. The quantitative estimate of drug-likeness (QED) is 0.661. The number of ketones is 1. The average Bonchev–Trinajstić information content (AvgIpc) is 2.71. The van der Waals surface area contributed by atoms with Crippen LogP contribution in [0.1, 0.15) is 18.5 Å². The molecule has 0 aliphatic carbocycles. The van der Waals surface area contributed by atoms with E-state index in [0.717, 1.165) is 12.1 Å². The third-order valence-electron chi connectivity index (χ3n) is 4.38. The highest BCUT2D eigenvalue weighted by molar-refractivity contribution is 7.92. The predicted octanol–water partition coefficient (Wildman–Crippen LogP) is 3.79. The van der Waals surface area contributed by atoms with Gasteiger partial charge in [-0.25, -0.2) is 17.2 Å². The van der Waals surface area contributed by atoms with Crippen molar-refractivity contribution in [2.24, 2.45) is 4.99 Å². The monoisotopic (exact) mass is 450 g/mol. The summed E-state index contributed by atoms with van der Waals surface area (Å²) in [7, 11) is -2.16. The van der Waals surface area contributed by atoms with Crippen LogP contribution in [0.15, 0.2) is 53.0 Å². The zero-order valence-electron chi connectivity index (χ0n) is 16.8. The van der Waals surface area contributed by atoms with E-state index in [0.29, 0.717) is 11.6 Å². The van der Waals surface area contributed by atoms with E-state index in [1.54, 1.807) is 0 Å². The fourth-order valence-corrected chi connectivity index (χ4v) is 3.54. The van der Waals surface area contributed by atoms with Crippen molar-refractivity contribution >= 4 is 27.7 Å². The lowest BCUT2D eigenvalue weighted by molar-refractivity contribution is -0.115. The Balaban J connectivity index is 2.00. The zero-order valence-corrected chi connectivity index (χ0v) is 17.6. The number of nitrogens with zero attached hydrogens (tertiary/aromatic N) is 1. The smallest absolute Gasteiger partial charge is 0.232 e. The van der Waals surface area contributed by atoms with Gasteiger partial charge < -0.3 is 9.47 Å². The molecule has 1 heterocycles. The Bertz CT molecular complexity index is 1160. The van der Waals surface area contributed by atoms with Gasteiger partial charge in [-0.05, 0) is 48.9 Å². The number of methoxy groups -OCH3 is 1. The minimum absolute atomic E-state index is 0.120. The molecule has 0 fully saturated rings. The summed E-state index contributed by atoms with van der Waals surface area (Å²) in [5.74, 6) is -2.32. The number of halogens is 2. The van der Waals surface area contributed by atoms with Gasteiger partial charge in [-0.2, -0.15) is 0 Å². The molecule has 1 atom stereocenters. The fourth-order valence-electron chi connectivity index (χ4n) is 2.87. The summed E-state index contributed by atoms with van der Waals surface area (Å²) in [6.07, 6.45) is 2.84. The number of nitrogens with one attached hydrogen (secondary N) is 1. The molecule has 0 radical (unpaired) electrons. The van der Waals surface area contributed by atoms with Crippen LogP contribution in [0.25, 0.3) is 0 Å². The molecule has 1 unspecified atom stereocenters. The number of ether oxygens (including phenoxy) is 2. The van der Waals surface area contributed by atoms with Gasteiger partial charge in [-0.15, -0.1) is 0 Å². The van der Waals surface area contributed by atoms with Crippen LogP contribution in [0, 0.1) is 11.6 Å². The second-order valence-electron chi connectivity index (χ2n) is 6.67. The predicted molar refractivity (Wildman–Crippen MR) is 112 cm³/mol. The van der Waals surface area contributed by atoms with E-state index in [-0.39, 0.29) is 40.9 Å². The number of carbonyl (C=O) groups excluding carboxylic acids is 1. The maximum atomic E-state index is 14.0. The van der Waals surface area contributed by atoms with Crippen LogP contribution in [0.3, 0.4) is 0 Å². The minimum atomic E-state index is -3.64. The van der Waals surface area contributed by atoms with Crippen molar-refractivity contribution in [2.45, 2.75) is 13.0 Å². The number of rotatable bonds is 8. The molecule has 0 spiro atoms. The first kappa shape index (κ1) is 22.6. The van der Waals surface area contributed by atoms with Gasteiger partial charge in [0.15, 0.2) is 17.3 Å². The van der Waals surface area contributed by atoms with Crippen molar-refractivity contribution in [2.75, 3.05) is 24.2 Å². The molecule has 2 aromatic rings. The number of anilines is 1. The van der Waals surface area contributed by atoms with Gasteiger partial charge >= 0.3 is 0 Å². The summed E-state index contributed by atoms with van der Waals surface area (Å²) in [6.45, 7) is 1.67. The molecule has 0 bridgehead atoms. The summed E-state index contributed by atoms with van der Waals surface area (Å²) >= 11 is 0. The highest BCUT2D eigenvalue weighted by atomic mass is 32.2. The van der Waals surface area contributed by atoms with E-state index in [4.69, 9.17) is 9.47 Å². The SMILES string of the molecule is CCS(=O)(=O)Nc1ccc(Oc2ccc(F)cc2F)cc1C1N=CC(COC)=CC1=O. The van der Waals surface area contributed by atoms with Crippen LogP contribution in [-0.2, 0) is 19.6 Å². The molecule has 1 aliphatic rings. The van der Waals surface area contributed by atoms with Crippen molar-refractivity contribution in [1.29, 1.82) is 0 Å². The lowest BCUT2D eigenvalue weighted by Gasteiger charge is -2.20. The van der Waals surface area contributed by atoms with Gasteiger partial charge in [0.05, 0.1) is 18.0 Å². The first-order valence-corrected chi connectivity index (χ1v) is 10.9. The molecular formula is C21H20F2N2O5S. The number of benzene rings is 2. The topological polar surface area (TPSA) is 94.1 Å². The van der Waals surface area contributed by atoms with Gasteiger partial charge in [0.2, 0.25) is 10.0 Å². The number of sulfonamides is 1. The van der Waals surface area contributed by atoms with E-state index in [9.17, 15) is 22.0 Å². The molecule has 3 rings (SSSR count). The van der Waals surface area contributed by atoms with Crippen LogP contribution >= 0.6 is 0 Å². The molecule has 0 saturated carbocycles. The van der Waals surface area contributed by atoms with Crippen molar-refractivity contribution < 1.29 is 31.5 Å². The minimum Gasteiger partial charge on any atom is -0.454 e. The number of hydrogen-bond donors (Lipinski definition) is 1. The number of carbonyl (C=O) groups is 1. The molecular weight excluding hydrogens is 430 g/mol. The van der Waals surface area contributed by atoms with Crippen LogP contribution in [0.2, 0.25) is 0 Å². The number of dihydropyridines is 1. The molecule has 10 heteroatoms. The maximum absolute atomic E-state index is 14.0. The molecule has 1 N–H and O–H groups in total. The summed E-state index contributed by atoms with van der Waals surface area (Å²) in [6, 6.07) is 6.01. The Morgan fingerprint density at radius 3 is 2.58 bits per heavy atom. The van der Waals surface area contributed by atoms with Gasteiger partial charge in [-0.1, -0.05) is 0 Å². The second kappa shape index (κ2) is 9.36. The molecule has 0 amide bonds. The molecule has 1 aliphatic heterocycles. The van der Waals surface area contributed by atoms with Crippen molar-refractivity contribution in [1.82, 2.24) is 0 Å². The van der Waals surface area contributed by atoms with Crippen molar-refractivity contribution in [3.05, 3.63) is 65.2 Å². The van der Waals surface area contributed by atoms with Crippen LogP contribution < -0.4 is 9.46 Å². The van der Waals surface area contributed by atoms with E-state index < -0.39 is 27.7 Å². The van der Waals surface area contributed by atoms with Crippen molar-refractivity contribution in [3.8, 4) is 11.5 Å². The highest BCUT2D eigenvalue weighted by Gasteiger charge is 2.26. The largest absolute Gasteiger partial charge is 0.454 e. The summed E-state index contributed by atoms with van der Waals surface area (Å²) < 4.78 is 64.2. The first-order valence-electron chi connectivity index (χ1n) is 9.26. The Hall–Kier alpha value is -3.11. The van der Waals surface area contributed by atoms with Gasteiger partial charge in [-0.3, -0.25) is 14.5 Å². The normalized spacial score (nSPS) is 16.2. The van der Waals surface area contributed by atoms with Gasteiger partial charge in [0, 0.05) is 25.0 Å². The summed E-state index contributed by atoms with van der Waals surface area (Å²) in [4.78, 5) is 16.9. The lowest BCUT2D eigenvalue weighted by Crippen LogP contribution is -2.20. The Labute approximate surface area is 178 Å². The Kier molecular flexibility index (Phi) is 6.81. The molecule has 0 aromatic heterocycles. The van der Waals surface area contributed by atoms with Crippen molar-refractivity contribution in [3.63, 3.8) is 0 Å². The Morgan fingerprint density at radius 1 is 1.16 bits per heavy atom. The second-order valence-corrected chi connectivity index (χ2v) is 8.68. The maximum Gasteiger partial charge on any atom is 0.232 e. The van der Waals surface area contributed by atoms with E-state index in [1.165, 1.54) is 44.5 Å². The third kappa shape index (κ3) is 5.53. The summed E-state index contributed by atoms with van der Waals surface area (Å²) in [5, 5.41) is 0. The molecule has 164 valence electrons. The molecule has 2 aromatic carbocycles. The molecule has 7 nitrogen and oxygen atoms in total. The van der Waals surface area contributed by atoms with Crippen LogP contribution in [0.4, 0.5) is 14.5 Å². The molecule has 0 saturated heterocycles. The lowest BCUT2D eigenvalue weighted by atomic mass is 9.97. The van der Waals surface area contributed by atoms with Crippen LogP contribution in [-0.4, -0.2) is 39.9 Å². The van der Waals surface area contributed by atoms with E-state index in [2.05, 4.69) is 9.71 Å². The number of hydrogen-bond acceptors (Lipinski definition) is 6. The summed E-state index contributed by atoms with van der Waals surface area (Å²) in [5.41, 5.74) is 0.944. The first-order chi connectivity index (χ1) is 14.7. The van der Waals surface area contributed by atoms with E-state index in [1.807, 2.05) is 0 Å². The third-order valence-corrected chi connectivity index (χ3v) is 5.67. The van der Waals surface area contributed by atoms with Gasteiger partial charge in [0.25, 0.3) is 0 Å². The van der Waals surface area contributed by atoms with Crippen LogP contribution in [0.5, 0.6) is 11.5 Å². The average molecular weight is 450 g/mol. The molecule has 31 heavy (non-hydrogen) atoms. The van der Waals surface area contributed by atoms with E-state index >= 15 is 0 Å². The standard InChI is InChI=1S/C21H20F2N2O5S/c1-3-31(27,28)25-18-6-5-15(30-20-7-4-14(22)9-17(20)23)10-16(18)21-19(26)8-13(11-24-21)12-29-2/h4-11,21,25H,3,12H2,1-2H3. The number of aliphatic imine (C=N–C) groups is 1. The van der Waals surface area contributed by atoms with Gasteiger partial charge in [0.1, 0.15) is 17.6 Å². The fraction of sp³-hybridized carbons (Fsp3) is 0.238. The highest BCUT2D eigenvalue weighted by Crippen LogP contribution is 2.35.